The van der Waals surface area contributed by atoms with E-state index in [1.54, 1.807) is 6.08 Å². The van der Waals surface area contributed by atoms with Crippen LogP contribution in [-0.2, 0) is 14.3 Å². The zero-order chi connectivity index (χ0) is 57.1. The van der Waals surface area contributed by atoms with Gasteiger partial charge in [0.1, 0.15) is 0 Å². The predicted molar refractivity (Wildman–Crippen MR) is 347 cm³/mol. The molecule has 3 N–H and O–H groups in total. The third kappa shape index (κ3) is 65.4. The molecule has 79 heavy (non-hydrogen) atoms. The summed E-state index contributed by atoms with van der Waals surface area (Å²) in [5.41, 5.74) is 0. The normalized spacial score (nSPS) is 12.6. The van der Waals surface area contributed by atoms with Crippen LogP contribution in [0, 0.1) is 0 Å². The molecule has 6 heteroatoms. The minimum Gasteiger partial charge on any atom is -0.466 e. The Hall–Kier alpha value is -1.66. The molecule has 0 aliphatic heterocycles. The minimum absolute atomic E-state index is 0.00910. The van der Waals surface area contributed by atoms with Gasteiger partial charge in [-0.25, -0.2) is 0 Å². The molecule has 0 aromatic rings. The zero-order valence-corrected chi connectivity index (χ0v) is 53.6. The number of aliphatic hydroxyl groups is 2. The van der Waals surface area contributed by atoms with E-state index >= 15 is 0 Å². The molecule has 0 heterocycles. The molecule has 0 saturated carbocycles. The summed E-state index contributed by atoms with van der Waals surface area (Å²) >= 11 is 0. The highest BCUT2D eigenvalue weighted by atomic mass is 16.5. The Bertz CT molecular complexity index is 1230. The molecule has 0 aliphatic carbocycles. The number of carbonyl (C=O) groups is 2. The van der Waals surface area contributed by atoms with Gasteiger partial charge in [-0.15, -0.1) is 0 Å². The van der Waals surface area contributed by atoms with Crippen LogP contribution < -0.4 is 5.32 Å². The van der Waals surface area contributed by atoms with Crippen LogP contribution in [0.5, 0.6) is 0 Å². The average molecular weight is 1110 g/mol. The molecule has 0 aromatic carbocycles. The molecule has 0 fully saturated rings. The Morgan fingerprint density at radius 3 is 0.899 bits per heavy atom. The zero-order valence-electron chi connectivity index (χ0n) is 53.6. The second-order valence-electron chi connectivity index (χ2n) is 24.9. The average Bonchev–Trinajstić information content (AvgIpc) is 3.45. The van der Waals surface area contributed by atoms with Gasteiger partial charge in [-0.2, -0.15) is 0 Å². The Morgan fingerprint density at radius 1 is 0.342 bits per heavy atom. The van der Waals surface area contributed by atoms with Crippen LogP contribution >= 0.6 is 0 Å². The van der Waals surface area contributed by atoms with Gasteiger partial charge in [-0.3, -0.25) is 9.59 Å². The highest BCUT2D eigenvalue weighted by Crippen LogP contribution is 2.19. The second kappa shape index (κ2) is 68.8. The smallest absolute Gasteiger partial charge is 0.305 e. The van der Waals surface area contributed by atoms with Crippen molar-refractivity contribution >= 4 is 11.9 Å². The molecule has 1 amide bonds. The number of aliphatic hydroxyl groups excluding tert-OH is 2. The number of nitrogens with one attached hydrogen (secondary N) is 1. The van der Waals surface area contributed by atoms with Crippen molar-refractivity contribution in [3.63, 3.8) is 0 Å². The maximum Gasteiger partial charge on any atom is 0.305 e. The van der Waals surface area contributed by atoms with Gasteiger partial charge in [0.2, 0.25) is 5.91 Å². The lowest BCUT2D eigenvalue weighted by Crippen LogP contribution is -2.45. The molecule has 0 aromatic heterocycles. The molecule has 0 aliphatic rings. The van der Waals surface area contributed by atoms with Crippen molar-refractivity contribution in [1.29, 1.82) is 0 Å². The van der Waals surface area contributed by atoms with E-state index in [9.17, 15) is 19.8 Å². The fraction of sp³-hybridized carbons (Fsp3) is 0.918. The van der Waals surface area contributed by atoms with Crippen molar-refractivity contribution in [2.45, 2.75) is 418 Å². The van der Waals surface area contributed by atoms with Gasteiger partial charge in [0.15, 0.2) is 0 Å². The van der Waals surface area contributed by atoms with Crippen molar-refractivity contribution < 1.29 is 24.5 Å². The number of hydrogen-bond acceptors (Lipinski definition) is 5. The van der Waals surface area contributed by atoms with Gasteiger partial charge in [0.25, 0.3) is 0 Å². The molecule has 6 nitrogen and oxygen atoms in total. The van der Waals surface area contributed by atoms with Crippen molar-refractivity contribution in [2.24, 2.45) is 0 Å². The third-order valence-electron chi connectivity index (χ3n) is 17.0. The molecular formula is C73H141NO5. The molecular weight excluding hydrogens is 971 g/mol. The van der Waals surface area contributed by atoms with Crippen LogP contribution in [0.2, 0.25) is 0 Å². The minimum atomic E-state index is -0.844. The SMILES string of the molecule is CCCCCCC/C=C\CCCCCCCC(=O)OCCCCCCCCCCCCCCCCCCCCCCCCCCCCC(=O)NC(CO)C(O)/C=C/CCCCCCCCCCCCCCCCCCCCCC. The highest BCUT2D eigenvalue weighted by molar-refractivity contribution is 5.76. The second-order valence-corrected chi connectivity index (χ2v) is 24.9. The lowest BCUT2D eigenvalue weighted by molar-refractivity contribution is -0.143. The van der Waals surface area contributed by atoms with Crippen LogP contribution in [0.1, 0.15) is 406 Å². The number of rotatable bonds is 68. The van der Waals surface area contributed by atoms with Crippen molar-refractivity contribution in [3.8, 4) is 0 Å². The molecule has 2 atom stereocenters. The van der Waals surface area contributed by atoms with E-state index in [-0.39, 0.29) is 18.5 Å². The van der Waals surface area contributed by atoms with Crippen molar-refractivity contribution in [1.82, 2.24) is 5.32 Å². The van der Waals surface area contributed by atoms with Crippen molar-refractivity contribution in [3.05, 3.63) is 24.3 Å². The summed E-state index contributed by atoms with van der Waals surface area (Å²) in [5, 5.41) is 23.3. The highest BCUT2D eigenvalue weighted by Gasteiger charge is 2.18. The van der Waals surface area contributed by atoms with Crippen LogP contribution in [0.25, 0.3) is 0 Å². The molecule has 468 valence electrons. The van der Waals surface area contributed by atoms with Gasteiger partial charge < -0.3 is 20.3 Å². The Balaban J connectivity index is 3.38. The van der Waals surface area contributed by atoms with E-state index in [1.807, 2.05) is 6.08 Å². The summed E-state index contributed by atoms with van der Waals surface area (Å²) in [6.07, 6.45) is 86.9. The first-order chi connectivity index (χ1) is 39.0. The fourth-order valence-corrected chi connectivity index (χ4v) is 11.5. The standard InChI is InChI=1S/C73H141NO5/c1-3-5-7-9-11-13-15-17-19-20-21-22-29-32-35-38-41-45-49-53-57-61-65-71(76)70(69-75)74-72(77)66-62-58-54-50-46-42-39-36-33-30-27-25-23-24-26-28-31-34-37-40-44-48-52-56-60-64-68-79-73(78)67-63-59-55-51-47-43-18-16-14-12-10-8-6-4-2/h16,18,61,65,70-71,75-76H,3-15,17,19-60,62-64,66-69H2,1-2H3,(H,74,77)/b18-16-,65-61+. The first kappa shape index (κ1) is 77.3. The monoisotopic (exact) mass is 1110 g/mol. The van der Waals surface area contributed by atoms with Gasteiger partial charge >= 0.3 is 5.97 Å². The first-order valence-electron chi connectivity index (χ1n) is 36.1. The maximum absolute atomic E-state index is 12.5. The van der Waals surface area contributed by atoms with E-state index in [0.717, 1.165) is 44.9 Å². The van der Waals surface area contributed by atoms with Gasteiger partial charge in [-0.1, -0.05) is 359 Å². The van der Waals surface area contributed by atoms with E-state index in [0.29, 0.717) is 19.4 Å². The number of allylic oxidation sites excluding steroid dienone is 3. The van der Waals surface area contributed by atoms with Gasteiger partial charge in [-0.05, 0) is 57.8 Å². The Morgan fingerprint density at radius 2 is 0.595 bits per heavy atom. The van der Waals surface area contributed by atoms with Crippen LogP contribution in [0.4, 0.5) is 0 Å². The Kier molecular flexibility index (Phi) is 67.4. The number of esters is 1. The van der Waals surface area contributed by atoms with E-state index < -0.39 is 12.1 Å². The molecule has 0 rings (SSSR count). The van der Waals surface area contributed by atoms with Crippen LogP contribution in [0.3, 0.4) is 0 Å². The summed E-state index contributed by atoms with van der Waals surface area (Å²) in [4.78, 5) is 24.6. The topological polar surface area (TPSA) is 95.9 Å². The van der Waals surface area contributed by atoms with Crippen LogP contribution in [0.15, 0.2) is 24.3 Å². The molecule has 0 radical (unpaired) electrons. The summed E-state index contributed by atoms with van der Waals surface area (Å²) in [6.45, 7) is 4.93. The lowest BCUT2D eigenvalue weighted by atomic mass is 10.0. The number of unbranched alkanes of at least 4 members (excludes halogenated alkanes) is 55. The largest absolute Gasteiger partial charge is 0.466 e. The summed E-state index contributed by atoms with van der Waals surface area (Å²) in [7, 11) is 0. The quantitative estimate of drug-likeness (QED) is 0.0320. The number of hydrogen-bond donors (Lipinski definition) is 3. The third-order valence-corrected chi connectivity index (χ3v) is 17.0. The summed E-state index contributed by atoms with van der Waals surface area (Å²) in [5.74, 6) is -0.0523. The molecule has 0 bridgehead atoms. The Labute approximate surface area is 494 Å². The molecule has 0 spiro atoms. The van der Waals surface area contributed by atoms with Crippen molar-refractivity contribution in [2.75, 3.05) is 13.2 Å². The number of ether oxygens (including phenoxy) is 1. The fourth-order valence-electron chi connectivity index (χ4n) is 11.5. The summed E-state index contributed by atoms with van der Waals surface area (Å²) in [6, 6.07) is -0.627. The number of carbonyl (C=O) groups excluding carboxylic acids is 2. The molecule has 2 unspecified atom stereocenters. The van der Waals surface area contributed by atoms with Gasteiger partial charge in [0.05, 0.1) is 25.4 Å². The van der Waals surface area contributed by atoms with E-state index in [1.165, 1.54) is 334 Å². The van der Waals surface area contributed by atoms with Gasteiger partial charge in [0, 0.05) is 12.8 Å². The van der Waals surface area contributed by atoms with Crippen LogP contribution in [-0.4, -0.2) is 47.4 Å². The summed E-state index contributed by atoms with van der Waals surface area (Å²) < 4.78 is 5.49. The predicted octanol–water partition coefficient (Wildman–Crippen LogP) is 23.3. The first-order valence-corrected chi connectivity index (χ1v) is 36.1. The molecule has 0 saturated heterocycles. The van der Waals surface area contributed by atoms with E-state index in [2.05, 4.69) is 31.3 Å². The van der Waals surface area contributed by atoms with E-state index in [4.69, 9.17) is 4.74 Å². The maximum atomic E-state index is 12.5. The number of amides is 1. The lowest BCUT2D eigenvalue weighted by Gasteiger charge is -2.20.